The van der Waals surface area contributed by atoms with Crippen molar-refractivity contribution in [2.45, 2.75) is 6.42 Å². The molecule has 2 aromatic carbocycles. The average Bonchev–Trinajstić information content (AvgIpc) is 2.93. The second-order valence-electron chi connectivity index (χ2n) is 5.72. The van der Waals surface area contributed by atoms with Gasteiger partial charge >= 0.3 is 0 Å². The van der Waals surface area contributed by atoms with Crippen molar-refractivity contribution in [3.8, 4) is 0 Å². The third-order valence-corrected chi connectivity index (χ3v) is 4.59. The highest BCUT2D eigenvalue weighted by atomic mass is 35.5. The first-order valence-electron chi connectivity index (χ1n) is 7.83. The Morgan fingerprint density at radius 1 is 1.04 bits per heavy atom. The van der Waals surface area contributed by atoms with Crippen LogP contribution in [0.2, 0.25) is 10.0 Å². The molecule has 5 N–H and O–H groups in total. The number of anilines is 3. The minimum absolute atomic E-state index is 0.0726. The number of nitrogens with zero attached hydrogens (tertiary/aromatic N) is 2. The van der Waals surface area contributed by atoms with Crippen LogP contribution in [-0.4, -0.2) is 20.7 Å². The summed E-state index contributed by atoms with van der Waals surface area (Å²) in [5.74, 6) is -0.177. The van der Waals surface area contributed by atoms with Crippen molar-refractivity contribution in [3.63, 3.8) is 0 Å². The van der Waals surface area contributed by atoms with Crippen LogP contribution in [0.4, 0.5) is 17.3 Å². The van der Waals surface area contributed by atoms with Gasteiger partial charge < -0.3 is 16.8 Å². The monoisotopic (exact) mass is 419 g/mol. The Kier molecular flexibility index (Phi) is 5.65. The molecule has 0 amide bonds. The molecule has 3 aromatic rings. The topological polar surface area (TPSA) is 99.0 Å². The molecule has 0 radical (unpaired) electrons. The molecule has 0 fully saturated rings. The van der Waals surface area contributed by atoms with Crippen molar-refractivity contribution in [1.82, 2.24) is 9.78 Å². The van der Waals surface area contributed by atoms with Gasteiger partial charge in [-0.15, -0.1) is 5.10 Å². The Balaban J connectivity index is 1.81. The molecule has 138 valence electrons. The van der Waals surface area contributed by atoms with Gasteiger partial charge in [0, 0.05) is 15.7 Å². The third kappa shape index (κ3) is 4.39. The zero-order chi connectivity index (χ0) is 19.6. The average molecular weight is 420 g/mol. The van der Waals surface area contributed by atoms with Gasteiger partial charge in [0.15, 0.2) is 5.82 Å². The Morgan fingerprint density at radius 2 is 1.59 bits per heavy atom. The summed E-state index contributed by atoms with van der Waals surface area (Å²) in [4.78, 5) is 12.8. The fraction of sp³-hybridized carbons (Fsp3) is 0.0556. The first-order chi connectivity index (χ1) is 12.8. The van der Waals surface area contributed by atoms with Crippen LogP contribution in [0.15, 0.2) is 48.5 Å². The van der Waals surface area contributed by atoms with Crippen molar-refractivity contribution in [1.29, 1.82) is 0 Å². The summed E-state index contributed by atoms with van der Waals surface area (Å²) in [6.07, 6.45) is 0.0965. The number of nitrogens with one attached hydrogen (secondary N) is 1. The Labute approximate surface area is 171 Å². The van der Waals surface area contributed by atoms with E-state index in [2.05, 4.69) is 10.4 Å². The predicted octanol–water partition coefficient (Wildman–Crippen LogP) is 4.02. The molecule has 3 rings (SSSR count). The van der Waals surface area contributed by atoms with E-state index in [0.717, 1.165) is 10.2 Å². The number of benzene rings is 2. The van der Waals surface area contributed by atoms with Crippen molar-refractivity contribution >= 4 is 63.6 Å². The molecule has 0 spiro atoms. The summed E-state index contributed by atoms with van der Waals surface area (Å²) in [6, 6.07) is 13.9. The molecule has 0 aliphatic carbocycles. The van der Waals surface area contributed by atoms with Gasteiger partial charge in [-0.1, -0.05) is 47.6 Å². The van der Waals surface area contributed by atoms with Crippen LogP contribution in [0.1, 0.15) is 15.9 Å². The molecule has 0 saturated heterocycles. The fourth-order valence-electron chi connectivity index (χ4n) is 2.45. The van der Waals surface area contributed by atoms with Crippen LogP contribution in [0.25, 0.3) is 0 Å². The number of halogens is 2. The van der Waals surface area contributed by atoms with Crippen molar-refractivity contribution in [2.75, 3.05) is 16.8 Å². The second kappa shape index (κ2) is 7.96. The molecular formula is C18H15Cl2N5OS. The van der Waals surface area contributed by atoms with Crippen LogP contribution in [0.3, 0.4) is 0 Å². The van der Waals surface area contributed by atoms with E-state index in [9.17, 15) is 4.79 Å². The molecule has 0 aliphatic rings. The molecule has 0 saturated carbocycles. The van der Waals surface area contributed by atoms with Gasteiger partial charge in [0.2, 0.25) is 0 Å². The summed E-state index contributed by atoms with van der Waals surface area (Å²) in [5.41, 5.74) is 13.8. The van der Waals surface area contributed by atoms with E-state index in [1.165, 1.54) is 0 Å². The number of thiocarbonyl (C=S) groups is 1. The third-order valence-electron chi connectivity index (χ3n) is 3.78. The molecule has 0 aliphatic heterocycles. The molecule has 1 heterocycles. The van der Waals surface area contributed by atoms with Crippen molar-refractivity contribution in [2.24, 2.45) is 0 Å². The number of aromatic nitrogens is 2. The second-order valence-corrected chi connectivity index (χ2v) is 7.00. The minimum Gasteiger partial charge on any atom is -0.383 e. The lowest BCUT2D eigenvalue weighted by Crippen LogP contribution is -2.19. The number of hydrogen-bond donors (Lipinski definition) is 3. The summed E-state index contributed by atoms with van der Waals surface area (Å²) >= 11 is 17.1. The summed E-state index contributed by atoms with van der Waals surface area (Å²) in [5, 5.41) is 8.25. The van der Waals surface area contributed by atoms with Crippen LogP contribution in [-0.2, 0) is 6.42 Å². The molecular weight excluding hydrogens is 405 g/mol. The van der Waals surface area contributed by atoms with Gasteiger partial charge in [0.05, 0.1) is 12.0 Å². The standard InChI is InChI=1S/C18H15Cl2N5OS/c19-11-3-1-10(2-4-11)9-14(26)25-17(22)15(16(21)24-25)18(27)23-13-7-5-12(20)6-8-13/h1-8H,9,22H2,(H2,21,24)(H,23,27). The van der Waals surface area contributed by atoms with Gasteiger partial charge in [-0.25, -0.2) is 0 Å². The highest BCUT2D eigenvalue weighted by Gasteiger charge is 2.21. The van der Waals surface area contributed by atoms with Crippen LogP contribution in [0.5, 0.6) is 0 Å². The maximum absolute atomic E-state index is 12.6. The molecule has 1 aromatic heterocycles. The van der Waals surface area contributed by atoms with Gasteiger partial charge in [0.1, 0.15) is 10.8 Å². The molecule has 0 bridgehead atoms. The van der Waals surface area contributed by atoms with Gasteiger partial charge in [0.25, 0.3) is 5.91 Å². The van der Waals surface area contributed by atoms with E-state index < -0.39 is 0 Å². The number of rotatable bonds is 4. The van der Waals surface area contributed by atoms with E-state index in [0.29, 0.717) is 21.3 Å². The Bertz CT molecular complexity index is 1000. The zero-order valence-electron chi connectivity index (χ0n) is 13.9. The number of carbonyl (C=O) groups is 1. The number of carbonyl (C=O) groups excluding carboxylic acids is 1. The minimum atomic E-state index is -0.331. The largest absolute Gasteiger partial charge is 0.383 e. The number of hydrogen-bond acceptors (Lipinski definition) is 5. The maximum Gasteiger partial charge on any atom is 0.253 e. The lowest BCUT2D eigenvalue weighted by atomic mass is 10.1. The van der Waals surface area contributed by atoms with Crippen LogP contribution < -0.4 is 16.8 Å². The zero-order valence-corrected chi connectivity index (χ0v) is 16.3. The van der Waals surface area contributed by atoms with E-state index in [1.54, 1.807) is 48.5 Å². The van der Waals surface area contributed by atoms with Crippen molar-refractivity contribution < 1.29 is 4.79 Å². The maximum atomic E-state index is 12.6. The first kappa shape index (κ1) is 19.2. The fourth-order valence-corrected chi connectivity index (χ4v) is 3.03. The Hall–Kier alpha value is -2.61. The van der Waals surface area contributed by atoms with E-state index in [-0.39, 0.29) is 29.0 Å². The normalized spacial score (nSPS) is 10.6. The van der Waals surface area contributed by atoms with Gasteiger partial charge in [-0.3, -0.25) is 4.79 Å². The van der Waals surface area contributed by atoms with Crippen LogP contribution in [0, 0.1) is 0 Å². The molecule has 0 atom stereocenters. The summed E-state index contributed by atoms with van der Waals surface area (Å²) in [7, 11) is 0. The predicted molar refractivity (Wildman–Crippen MR) is 114 cm³/mol. The van der Waals surface area contributed by atoms with Crippen LogP contribution >= 0.6 is 35.4 Å². The van der Waals surface area contributed by atoms with Gasteiger partial charge in [-0.05, 0) is 42.0 Å². The number of nitrogens with two attached hydrogens (primary N) is 2. The highest BCUT2D eigenvalue weighted by Crippen LogP contribution is 2.23. The summed E-state index contributed by atoms with van der Waals surface area (Å²) in [6.45, 7) is 0. The smallest absolute Gasteiger partial charge is 0.253 e. The van der Waals surface area contributed by atoms with E-state index in [4.69, 9.17) is 46.9 Å². The van der Waals surface area contributed by atoms with Gasteiger partial charge in [-0.2, -0.15) is 4.68 Å². The summed E-state index contributed by atoms with van der Waals surface area (Å²) < 4.78 is 1.06. The SMILES string of the molecule is Nc1nn(C(=O)Cc2ccc(Cl)cc2)c(N)c1C(=S)Nc1ccc(Cl)cc1. The first-order valence-corrected chi connectivity index (χ1v) is 9.00. The molecule has 9 heteroatoms. The lowest BCUT2D eigenvalue weighted by molar-refractivity contribution is 0.0902. The molecule has 0 unspecified atom stereocenters. The number of nitrogen functional groups attached to an aromatic ring is 2. The quantitative estimate of drug-likeness (QED) is 0.552. The lowest BCUT2D eigenvalue weighted by Gasteiger charge is -2.08. The molecule has 27 heavy (non-hydrogen) atoms. The van der Waals surface area contributed by atoms with Crippen molar-refractivity contribution in [3.05, 3.63) is 69.7 Å². The Morgan fingerprint density at radius 3 is 2.19 bits per heavy atom. The van der Waals surface area contributed by atoms with E-state index in [1.807, 2.05) is 0 Å². The highest BCUT2D eigenvalue weighted by molar-refractivity contribution is 7.81. The molecule has 6 nitrogen and oxygen atoms in total. The van der Waals surface area contributed by atoms with E-state index >= 15 is 0 Å².